The lowest BCUT2D eigenvalue weighted by Crippen LogP contribution is -2.37. The summed E-state index contributed by atoms with van der Waals surface area (Å²) in [5.74, 6) is 0.658. The third-order valence-electron chi connectivity index (χ3n) is 2.42. The van der Waals surface area contributed by atoms with Gasteiger partial charge < -0.3 is 10.2 Å². The van der Waals surface area contributed by atoms with E-state index in [9.17, 15) is 9.59 Å². The van der Waals surface area contributed by atoms with Crippen molar-refractivity contribution in [3.8, 4) is 0 Å². The number of nitrogens with one attached hydrogen (secondary N) is 1. The summed E-state index contributed by atoms with van der Waals surface area (Å²) in [6, 6.07) is 5.38. The van der Waals surface area contributed by atoms with E-state index in [0.29, 0.717) is 21.6 Å². The minimum atomic E-state index is -0.162. The molecule has 1 aromatic carbocycles. The number of likely N-dealkylation sites (N-methyl/N-ethyl adjacent to an activating group) is 1. The topological polar surface area (TPSA) is 49.4 Å². The number of carbonyl (C=O) groups excluding carboxylic acids is 2. The number of hydrogen-bond donors (Lipinski definition) is 1. The van der Waals surface area contributed by atoms with Crippen LogP contribution in [0.15, 0.2) is 18.2 Å². The molecule has 0 spiro atoms. The number of hydrogen-bond acceptors (Lipinski definition) is 3. The summed E-state index contributed by atoms with van der Waals surface area (Å²) in [7, 11) is 3.29. The minimum Gasteiger partial charge on any atom is -0.347 e. The lowest BCUT2D eigenvalue weighted by molar-refractivity contribution is -0.130. The van der Waals surface area contributed by atoms with Crippen molar-refractivity contribution in [3.63, 3.8) is 0 Å². The van der Waals surface area contributed by atoms with Gasteiger partial charge in [-0.1, -0.05) is 29.3 Å². The molecule has 0 saturated heterocycles. The molecular formula is C13H16Cl2N2O2S. The smallest absolute Gasteiger partial charge is 0.241 e. The van der Waals surface area contributed by atoms with E-state index in [1.807, 2.05) is 6.07 Å². The van der Waals surface area contributed by atoms with Crippen molar-refractivity contribution in [3.05, 3.63) is 33.8 Å². The van der Waals surface area contributed by atoms with E-state index in [4.69, 9.17) is 23.2 Å². The fourth-order valence-corrected chi connectivity index (χ4v) is 2.40. The summed E-state index contributed by atoms with van der Waals surface area (Å²) in [6.45, 7) is 0.0270. The second-order valence-electron chi connectivity index (χ2n) is 4.31. The predicted octanol–water partition coefficient (Wildman–Crippen LogP) is 2.43. The number of thioether (sulfide) groups is 1. The molecule has 7 heteroatoms. The largest absolute Gasteiger partial charge is 0.347 e. The Balaban J connectivity index is 2.28. The number of nitrogens with zero attached hydrogens (tertiary/aromatic N) is 1. The Labute approximate surface area is 132 Å². The molecule has 1 rings (SSSR count). The molecule has 0 unspecified atom stereocenters. The molecule has 0 aliphatic heterocycles. The number of amides is 2. The van der Waals surface area contributed by atoms with Crippen LogP contribution < -0.4 is 5.32 Å². The van der Waals surface area contributed by atoms with Crippen molar-refractivity contribution in [2.75, 3.05) is 26.4 Å². The number of rotatable bonds is 6. The Morgan fingerprint density at radius 1 is 1.25 bits per heavy atom. The van der Waals surface area contributed by atoms with Gasteiger partial charge in [0.05, 0.1) is 22.3 Å². The Hall–Kier alpha value is -0.910. The van der Waals surface area contributed by atoms with E-state index in [1.54, 1.807) is 26.2 Å². The first-order chi connectivity index (χ1) is 9.40. The highest BCUT2D eigenvalue weighted by molar-refractivity contribution is 7.99. The highest BCUT2D eigenvalue weighted by Crippen LogP contribution is 2.24. The molecule has 0 bridgehead atoms. The van der Waals surface area contributed by atoms with Gasteiger partial charge in [0.25, 0.3) is 0 Å². The molecule has 0 atom stereocenters. The molecule has 0 aromatic heterocycles. The van der Waals surface area contributed by atoms with Crippen LogP contribution in [-0.2, 0) is 15.3 Å². The van der Waals surface area contributed by atoms with Gasteiger partial charge in [-0.2, -0.15) is 0 Å². The normalized spacial score (nSPS) is 10.2. The molecule has 0 fully saturated rings. The van der Waals surface area contributed by atoms with Crippen LogP contribution >= 0.6 is 35.0 Å². The van der Waals surface area contributed by atoms with Gasteiger partial charge in [0.15, 0.2) is 0 Å². The van der Waals surface area contributed by atoms with Crippen molar-refractivity contribution in [1.29, 1.82) is 0 Å². The molecule has 0 radical (unpaired) electrons. The lowest BCUT2D eigenvalue weighted by atomic mass is 10.2. The number of benzene rings is 1. The molecule has 0 saturated carbocycles. The fourth-order valence-electron chi connectivity index (χ4n) is 1.27. The van der Waals surface area contributed by atoms with Crippen molar-refractivity contribution in [2.24, 2.45) is 0 Å². The summed E-state index contributed by atoms with van der Waals surface area (Å²) < 4.78 is 0. The Kier molecular flexibility index (Phi) is 7.19. The van der Waals surface area contributed by atoms with Crippen molar-refractivity contribution in [2.45, 2.75) is 5.75 Å². The van der Waals surface area contributed by atoms with Gasteiger partial charge >= 0.3 is 0 Å². The predicted molar refractivity (Wildman–Crippen MR) is 84.3 cm³/mol. The molecule has 0 aliphatic rings. The van der Waals surface area contributed by atoms with Crippen LogP contribution in [0.4, 0.5) is 0 Å². The van der Waals surface area contributed by atoms with Gasteiger partial charge in [0.2, 0.25) is 11.8 Å². The number of carbonyl (C=O) groups is 2. The van der Waals surface area contributed by atoms with Crippen LogP contribution in [0, 0.1) is 0 Å². The third kappa shape index (κ3) is 6.03. The Morgan fingerprint density at radius 2 is 1.95 bits per heavy atom. The van der Waals surface area contributed by atoms with Crippen LogP contribution in [0.1, 0.15) is 5.56 Å². The van der Waals surface area contributed by atoms with Crippen LogP contribution in [0.2, 0.25) is 10.0 Å². The second kappa shape index (κ2) is 8.39. The monoisotopic (exact) mass is 334 g/mol. The zero-order chi connectivity index (χ0) is 15.1. The van der Waals surface area contributed by atoms with E-state index >= 15 is 0 Å². The van der Waals surface area contributed by atoms with Gasteiger partial charge in [0, 0.05) is 19.8 Å². The van der Waals surface area contributed by atoms with Gasteiger partial charge in [-0.15, -0.1) is 11.8 Å². The van der Waals surface area contributed by atoms with Crippen LogP contribution in [0.3, 0.4) is 0 Å². The average molecular weight is 335 g/mol. The molecular weight excluding hydrogens is 319 g/mol. The van der Waals surface area contributed by atoms with Gasteiger partial charge in [-0.25, -0.2) is 0 Å². The van der Waals surface area contributed by atoms with Gasteiger partial charge in [-0.05, 0) is 17.7 Å². The lowest BCUT2D eigenvalue weighted by Gasteiger charge is -2.10. The Bertz CT molecular complexity index is 495. The molecule has 0 heterocycles. The average Bonchev–Trinajstić information content (AvgIpc) is 2.40. The van der Waals surface area contributed by atoms with Crippen LogP contribution in [0.25, 0.3) is 0 Å². The summed E-state index contributed by atoms with van der Waals surface area (Å²) in [5.41, 5.74) is 1.00. The van der Waals surface area contributed by atoms with Crippen LogP contribution in [0.5, 0.6) is 0 Å². The van der Waals surface area contributed by atoms with E-state index in [0.717, 1.165) is 5.56 Å². The summed E-state index contributed by atoms with van der Waals surface area (Å²) >= 11 is 13.2. The zero-order valence-corrected chi connectivity index (χ0v) is 13.6. The first-order valence-electron chi connectivity index (χ1n) is 5.88. The standard InChI is InChI=1S/C13H16Cl2N2O2S/c1-17(2)13(19)6-16-12(18)8-20-7-9-3-4-10(14)11(15)5-9/h3-5H,6-8H2,1-2H3,(H,16,18). The molecule has 0 aliphatic carbocycles. The first-order valence-corrected chi connectivity index (χ1v) is 7.79. The quantitative estimate of drug-likeness (QED) is 0.869. The van der Waals surface area contributed by atoms with Gasteiger partial charge in [-0.3, -0.25) is 9.59 Å². The van der Waals surface area contributed by atoms with E-state index in [1.165, 1.54) is 16.7 Å². The highest BCUT2D eigenvalue weighted by Gasteiger charge is 2.07. The minimum absolute atomic E-state index is 0.0270. The maximum absolute atomic E-state index is 11.5. The maximum atomic E-state index is 11.5. The van der Waals surface area contributed by atoms with E-state index in [-0.39, 0.29) is 18.4 Å². The second-order valence-corrected chi connectivity index (χ2v) is 6.11. The molecule has 110 valence electrons. The summed E-state index contributed by atoms with van der Waals surface area (Å²) in [4.78, 5) is 24.3. The number of halogens is 2. The Morgan fingerprint density at radius 3 is 2.55 bits per heavy atom. The molecule has 1 N–H and O–H groups in total. The summed E-state index contributed by atoms with van der Waals surface area (Å²) in [6.07, 6.45) is 0. The molecule has 1 aromatic rings. The highest BCUT2D eigenvalue weighted by atomic mass is 35.5. The first kappa shape index (κ1) is 17.1. The summed E-state index contributed by atoms with van der Waals surface area (Å²) in [5, 5.41) is 3.59. The fraction of sp³-hybridized carbons (Fsp3) is 0.385. The molecule has 2 amide bonds. The third-order valence-corrected chi connectivity index (χ3v) is 4.16. The maximum Gasteiger partial charge on any atom is 0.241 e. The van der Waals surface area contributed by atoms with E-state index < -0.39 is 0 Å². The van der Waals surface area contributed by atoms with E-state index in [2.05, 4.69) is 5.32 Å². The molecule has 20 heavy (non-hydrogen) atoms. The van der Waals surface area contributed by atoms with Crippen LogP contribution in [-0.4, -0.2) is 43.1 Å². The zero-order valence-electron chi connectivity index (χ0n) is 11.3. The van der Waals surface area contributed by atoms with Gasteiger partial charge in [0.1, 0.15) is 0 Å². The van der Waals surface area contributed by atoms with Crippen molar-refractivity contribution >= 4 is 46.8 Å². The molecule has 4 nitrogen and oxygen atoms in total. The SMILES string of the molecule is CN(C)C(=O)CNC(=O)CSCc1ccc(Cl)c(Cl)c1. The van der Waals surface area contributed by atoms with Crippen molar-refractivity contribution < 1.29 is 9.59 Å². The van der Waals surface area contributed by atoms with Crippen molar-refractivity contribution in [1.82, 2.24) is 10.2 Å².